The number of hydrogen-bond acceptors (Lipinski definition) is 5. The fourth-order valence-corrected chi connectivity index (χ4v) is 3.30. The third kappa shape index (κ3) is 2.59. The number of carbonyl (C=O) groups excluding carboxylic acids is 1. The van der Waals surface area contributed by atoms with Crippen LogP contribution in [0.3, 0.4) is 0 Å². The fraction of sp³-hybridized carbons (Fsp3) is 0.333. The van der Waals surface area contributed by atoms with Gasteiger partial charge < -0.3 is 11.1 Å². The highest BCUT2D eigenvalue weighted by Crippen LogP contribution is 2.32. The number of thioether (sulfide) groups is 1. The molecule has 1 unspecified atom stereocenters. The minimum Gasteiger partial charge on any atom is -0.397 e. The number of anilines is 1. The van der Waals surface area contributed by atoms with Gasteiger partial charge in [0.25, 0.3) is 5.91 Å². The molecule has 0 saturated carbocycles. The van der Waals surface area contributed by atoms with Crippen molar-refractivity contribution in [1.29, 1.82) is 0 Å². The van der Waals surface area contributed by atoms with Gasteiger partial charge in [-0.05, 0) is 19.2 Å². The molecule has 2 aromatic heterocycles. The van der Waals surface area contributed by atoms with E-state index in [9.17, 15) is 4.79 Å². The number of nitrogens with zero attached hydrogens (tertiary/aromatic N) is 1. The lowest BCUT2D eigenvalue weighted by molar-refractivity contribution is 0.0948. The van der Waals surface area contributed by atoms with Crippen LogP contribution in [-0.4, -0.2) is 28.9 Å². The number of nitrogen functional groups attached to an aromatic ring is 1. The molecule has 0 aliphatic carbocycles. The Hall–Kier alpha value is -1.27. The zero-order valence-corrected chi connectivity index (χ0v) is 11.9. The minimum absolute atomic E-state index is 0.102. The van der Waals surface area contributed by atoms with Crippen LogP contribution in [0.4, 0.5) is 5.69 Å². The van der Waals surface area contributed by atoms with E-state index in [2.05, 4.69) is 10.3 Å². The van der Waals surface area contributed by atoms with Gasteiger partial charge in [-0.25, -0.2) is 0 Å². The molecule has 0 spiro atoms. The van der Waals surface area contributed by atoms with Crippen molar-refractivity contribution < 1.29 is 4.79 Å². The summed E-state index contributed by atoms with van der Waals surface area (Å²) in [6.07, 6.45) is 5.43. The molecule has 0 bridgehead atoms. The Morgan fingerprint density at radius 3 is 3.11 bits per heavy atom. The van der Waals surface area contributed by atoms with E-state index in [-0.39, 0.29) is 11.9 Å². The second kappa shape index (κ2) is 5.58. The van der Waals surface area contributed by atoms with Gasteiger partial charge in [0.2, 0.25) is 0 Å². The molecule has 2 heterocycles. The lowest BCUT2D eigenvalue weighted by Gasteiger charge is -2.11. The average molecular weight is 281 g/mol. The highest BCUT2D eigenvalue weighted by Gasteiger charge is 2.17. The maximum absolute atomic E-state index is 12.1. The first-order chi connectivity index (χ1) is 8.63. The number of carbonyl (C=O) groups is 1. The van der Waals surface area contributed by atoms with Crippen LogP contribution in [0.1, 0.15) is 16.6 Å². The first-order valence-electron chi connectivity index (χ1n) is 5.55. The molecule has 0 radical (unpaired) electrons. The molecule has 4 nitrogen and oxygen atoms in total. The van der Waals surface area contributed by atoms with Crippen LogP contribution < -0.4 is 11.1 Å². The molecule has 0 fully saturated rings. The van der Waals surface area contributed by atoms with Crippen LogP contribution in [0.5, 0.6) is 0 Å². The summed E-state index contributed by atoms with van der Waals surface area (Å²) >= 11 is 3.09. The predicted molar refractivity (Wildman–Crippen MR) is 79.3 cm³/mol. The van der Waals surface area contributed by atoms with E-state index in [1.807, 2.05) is 19.2 Å². The molecule has 18 heavy (non-hydrogen) atoms. The highest BCUT2D eigenvalue weighted by atomic mass is 32.2. The number of nitrogens with one attached hydrogen (secondary N) is 1. The van der Waals surface area contributed by atoms with Crippen molar-refractivity contribution in [2.24, 2.45) is 0 Å². The minimum atomic E-state index is -0.102. The first kappa shape index (κ1) is 13.2. The predicted octanol–water partition coefficient (Wildman–Crippen LogP) is 2.36. The average Bonchev–Trinajstić information content (AvgIpc) is 2.68. The summed E-state index contributed by atoms with van der Waals surface area (Å²) in [6.45, 7) is 1.99. The summed E-state index contributed by atoms with van der Waals surface area (Å²) in [6, 6.07) is 1.97. The number of nitrogens with two attached hydrogens (primary N) is 1. The molecular formula is C12H15N3OS2. The fourth-order valence-electron chi connectivity index (χ4n) is 1.72. The number of aromatic nitrogens is 1. The zero-order chi connectivity index (χ0) is 13.1. The summed E-state index contributed by atoms with van der Waals surface area (Å²) in [5, 5.41) is 3.85. The standard InChI is InChI=1S/C12H15N3OS2/c1-7(6-17-2)15-12(16)11-10(13)8-3-4-14-5-9(8)18-11/h3-5,7H,6,13H2,1-2H3,(H,15,16). The van der Waals surface area contributed by atoms with Crippen molar-refractivity contribution in [3.8, 4) is 0 Å². The third-order valence-corrected chi connectivity index (χ3v) is 4.52. The smallest absolute Gasteiger partial charge is 0.263 e. The Labute approximate surface area is 114 Å². The van der Waals surface area contributed by atoms with Crippen LogP contribution in [0, 0.1) is 0 Å². The Balaban J connectivity index is 2.25. The summed E-state index contributed by atoms with van der Waals surface area (Å²) in [7, 11) is 0. The molecule has 2 aromatic rings. The third-order valence-electron chi connectivity index (χ3n) is 2.53. The van der Waals surface area contributed by atoms with Gasteiger partial charge in [0, 0.05) is 29.6 Å². The van der Waals surface area contributed by atoms with Crippen LogP contribution in [-0.2, 0) is 0 Å². The van der Waals surface area contributed by atoms with Crippen molar-refractivity contribution in [3.05, 3.63) is 23.3 Å². The quantitative estimate of drug-likeness (QED) is 0.902. The largest absolute Gasteiger partial charge is 0.397 e. The van der Waals surface area contributed by atoms with E-state index < -0.39 is 0 Å². The zero-order valence-electron chi connectivity index (χ0n) is 10.3. The van der Waals surface area contributed by atoms with E-state index in [0.29, 0.717) is 10.6 Å². The first-order valence-corrected chi connectivity index (χ1v) is 7.76. The molecule has 1 atom stereocenters. The van der Waals surface area contributed by atoms with Gasteiger partial charge in [-0.15, -0.1) is 11.3 Å². The molecule has 96 valence electrons. The lowest BCUT2D eigenvalue weighted by Crippen LogP contribution is -2.34. The van der Waals surface area contributed by atoms with Crippen molar-refractivity contribution in [2.45, 2.75) is 13.0 Å². The SMILES string of the molecule is CSCC(C)NC(=O)c1sc2cnccc2c1N. The molecule has 3 N–H and O–H groups in total. The van der Waals surface area contributed by atoms with Gasteiger partial charge in [-0.3, -0.25) is 9.78 Å². The number of rotatable bonds is 4. The monoisotopic (exact) mass is 281 g/mol. The number of amides is 1. The molecule has 0 aliphatic heterocycles. The topological polar surface area (TPSA) is 68.0 Å². The van der Waals surface area contributed by atoms with Crippen LogP contribution in [0.15, 0.2) is 18.5 Å². The van der Waals surface area contributed by atoms with Gasteiger partial charge in [0.1, 0.15) is 4.88 Å². The van der Waals surface area contributed by atoms with E-state index >= 15 is 0 Å². The summed E-state index contributed by atoms with van der Waals surface area (Å²) in [4.78, 5) is 16.7. The summed E-state index contributed by atoms with van der Waals surface area (Å²) in [5.41, 5.74) is 6.55. The normalized spacial score (nSPS) is 12.6. The van der Waals surface area contributed by atoms with Crippen molar-refractivity contribution in [3.63, 3.8) is 0 Å². The van der Waals surface area contributed by atoms with Crippen LogP contribution in [0.2, 0.25) is 0 Å². The van der Waals surface area contributed by atoms with E-state index in [0.717, 1.165) is 15.8 Å². The van der Waals surface area contributed by atoms with Gasteiger partial charge in [-0.1, -0.05) is 0 Å². The molecule has 0 aromatic carbocycles. The highest BCUT2D eigenvalue weighted by molar-refractivity contribution is 7.98. The van der Waals surface area contributed by atoms with Gasteiger partial charge in [-0.2, -0.15) is 11.8 Å². The van der Waals surface area contributed by atoms with Crippen molar-refractivity contribution >= 4 is 44.8 Å². The van der Waals surface area contributed by atoms with Gasteiger partial charge in [0.05, 0.1) is 10.4 Å². The molecule has 0 saturated heterocycles. The second-order valence-corrected chi connectivity index (χ2v) is 6.01. The molecular weight excluding hydrogens is 266 g/mol. The molecule has 2 rings (SSSR count). The maximum atomic E-state index is 12.1. The number of pyridine rings is 1. The Morgan fingerprint density at radius 1 is 1.67 bits per heavy atom. The van der Waals surface area contributed by atoms with Crippen LogP contribution in [0.25, 0.3) is 10.1 Å². The molecule has 1 amide bonds. The van der Waals surface area contributed by atoms with E-state index in [1.165, 1.54) is 11.3 Å². The molecule has 0 aliphatic rings. The second-order valence-electron chi connectivity index (χ2n) is 4.05. The van der Waals surface area contributed by atoms with E-state index in [1.54, 1.807) is 24.2 Å². The Bertz CT molecular complexity index is 567. The Morgan fingerprint density at radius 2 is 2.44 bits per heavy atom. The number of thiophene rings is 1. The molecule has 6 heteroatoms. The van der Waals surface area contributed by atoms with Gasteiger partial charge >= 0.3 is 0 Å². The Kier molecular flexibility index (Phi) is 4.08. The van der Waals surface area contributed by atoms with Gasteiger partial charge in [0.15, 0.2) is 0 Å². The van der Waals surface area contributed by atoms with Crippen molar-refractivity contribution in [2.75, 3.05) is 17.7 Å². The summed E-state index contributed by atoms with van der Waals surface area (Å²) in [5.74, 6) is 0.785. The number of fused-ring (bicyclic) bond motifs is 1. The lowest BCUT2D eigenvalue weighted by atomic mass is 10.2. The van der Waals surface area contributed by atoms with Crippen molar-refractivity contribution in [1.82, 2.24) is 10.3 Å². The number of hydrogen-bond donors (Lipinski definition) is 2. The summed E-state index contributed by atoms with van der Waals surface area (Å²) < 4.78 is 0.942. The maximum Gasteiger partial charge on any atom is 0.263 e. The van der Waals surface area contributed by atoms with E-state index in [4.69, 9.17) is 5.73 Å². The van der Waals surface area contributed by atoms with Crippen LogP contribution >= 0.6 is 23.1 Å².